The Hall–Kier alpha value is -1.33. The smallest absolute Gasteiger partial charge is 0.0655 e. The van der Waals surface area contributed by atoms with Crippen molar-refractivity contribution in [3.63, 3.8) is 0 Å². The molecule has 1 aromatic rings. The lowest BCUT2D eigenvalue weighted by molar-refractivity contribution is 0.334. The third-order valence-corrected chi connectivity index (χ3v) is 4.19. The summed E-state index contributed by atoms with van der Waals surface area (Å²) < 4.78 is 0. The summed E-state index contributed by atoms with van der Waals surface area (Å²) in [6, 6.07) is 12.0. The molecular formula is C17H24N2. The standard InChI is InChI=1S/C17H24N2/c1-2-14-3-5-15(6-4-14)11-12-19-17-9-7-16(13-18)8-10-17/h3-6,16-17,19H,2,7-12H2,1H3. The fraction of sp³-hybridized carbons (Fsp3) is 0.588. The van der Waals surface area contributed by atoms with Crippen LogP contribution in [0.4, 0.5) is 0 Å². The maximum absolute atomic E-state index is 8.87. The molecule has 0 aliphatic heterocycles. The zero-order chi connectivity index (χ0) is 13.5. The van der Waals surface area contributed by atoms with Gasteiger partial charge in [0.25, 0.3) is 0 Å². The Morgan fingerprint density at radius 2 is 1.74 bits per heavy atom. The number of hydrogen-bond acceptors (Lipinski definition) is 2. The van der Waals surface area contributed by atoms with Crippen molar-refractivity contribution in [3.05, 3.63) is 35.4 Å². The van der Waals surface area contributed by atoms with Gasteiger partial charge in [0.05, 0.1) is 6.07 Å². The highest BCUT2D eigenvalue weighted by atomic mass is 14.9. The van der Waals surface area contributed by atoms with Crippen LogP contribution in [0.2, 0.25) is 0 Å². The second-order valence-electron chi connectivity index (χ2n) is 5.55. The van der Waals surface area contributed by atoms with Crippen molar-refractivity contribution in [1.29, 1.82) is 5.26 Å². The molecule has 102 valence electrons. The van der Waals surface area contributed by atoms with Crippen molar-refractivity contribution >= 4 is 0 Å². The van der Waals surface area contributed by atoms with Crippen LogP contribution in [0.1, 0.15) is 43.7 Å². The Bertz CT molecular complexity index is 408. The summed E-state index contributed by atoms with van der Waals surface area (Å²) in [6.07, 6.45) is 6.67. The largest absolute Gasteiger partial charge is 0.314 e. The van der Waals surface area contributed by atoms with E-state index in [4.69, 9.17) is 5.26 Å². The van der Waals surface area contributed by atoms with Gasteiger partial charge in [-0.15, -0.1) is 0 Å². The Morgan fingerprint density at radius 1 is 1.11 bits per heavy atom. The quantitative estimate of drug-likeness (QED) is 0.875. The molecule has 2 rings (SSSR count). The first-order valence-corrected chi connectivity index (χ1v) is 7.52. The minimum Gasteiger partial charge on any atom is -0.314 e. The number of aryl methyl sites for hydroxylation is 1. The number of rotatable bonds is 5. The lowest BCUT2D eigenvalue weighted by Crippen LogP contribution is -2.34. The van der Waals surface area contributed by atoms with Crippen molar-refractivity contribution < 1.29 is 0 Å². The normalized spacial score (nSPS) is 22.9. The van der Waals surface area contributed by atoms with Gasteiger partial charge >= 0.3 is 0 Å². The molecule has 19 heavy (non-hydrogen) atoms. The van der Waals surface area contributed by atoms with Crippen LogP contribution in [0.5, 0.6) is 0 Å². The molecule has 1 N–H and O–H groups in total. The molecule has 1 aliphatic rings. The molecule has 0 unspecified atom stereocenters. The summed E-state index contributed by atoms with van der Waals surface area (Å²) in [6.45, 7) is 3.24. The van der Waals surface area contributed by atoms with E-state index in [0.29, 0.717) is 12.0 Å². The first-order chi connectivity index (χ1) is 9.31. The minimum absolute atomic E-state index is 0.305. The molecule has 0 atom stereocenters. The van der Waals surface area contributed by atoms with Gasteiger partial charge in [-0.25, -0.2) is 0 Å². The summed E-state index contributed by atoms with van der Waals surface area (Å²) in [7, 11) is 0. The summed E-state index contributed by atoms with van der Waals surface area (Å²) in [5, 5.41) is 12.5. The van der Waals surface area contributed by atoms with Crippen LogP contribution >= 0.6 is 0 Å². The molecule has 0 bridgehead atoms. The predicted molar refractivity (Wildman–Crippen MR) is 78.9 cm³/mol. The van der Waals surface area contributed by atoms with Gasteiger partial charge in [0.2, 0.25) is 0 Å². The van der Waals surface area contributed by atoms with Crippen LogP contribution < -0.4 is 5.32 Å². The molecule has 0 heterocycles. The van der Waals surface area contributed by atoms with E-state index >= 15 is 0 Å². The summed E-state index contributed by atoms with van der Waals surface area (Å²) in [5.74, 6) is 0.305. The highest BCUT2D eigenvalue weighted by Gasteiger charge is 2.19. The van der Waals surface area contributed by atoms with Crippen molar-refractivity contribution in [2.45, 2.75) is 51.5 Å². The summed E-state index contributed by atoms with van der Waals surface area (Å²) >= 11 is 0. The molecule has 0 saturated heterocycles. The van der Waals surface area contributed by atoms with Crippen molar-refractivity contribution in [2.24, 2.45) is 5.92 Å². The van der Waals surface area contributed by atoms with Crippen LogP contribution in [0.25, 0.3) is 0 Å². The number of benzene rings is 1. The van der Waals surface area contributed by atoms with E-state index in [1.54, 1.807) is 0 Å². The van der Waals surface area contributed by atoms with E-state index in [0.717, 1.165) is 45.1 Å². The second kappa shape index (κ2) is 7.31. The average molecular weight is 256 g/mol. The van der Waals surface area contributed by atoms with Crippen LogP contribution in [-0.4, -0.2) is 12.6 Å². The fourth-order valence-corrected chi connectivity index (χ4v) is 2.79. The van der Waals surface area contributed by atoms with Crippen molar-refractivity contribution in [2.75, 3.05) is 6.54 Å². The van der Waals surface area contributed by atoms with Gasteiger partial charge < -0.3 is 5.32 Å². The lowest BCUT2D eigenvalue weighted by atomic mass is 9.87. The van der Waals surface area contributed by atoms with Crippen LogP contribution in [0.3, 0.4) is 0 Å². The Kier molecular flexibility index (Phi) is 5.42. The van der Waals surface area contributed by atoms with E-state index < -0.39 is 0 Å². The van der Waals surface area contributed by atoms with Crippen molar-refractivity contribution in [3.8, 4) is 6.07 Å². The highest BCUT2D eigenvalue weighted by molar-refractivity contribution is 5.22. The number of nitriles is 1. The molecule has 1 aliphatic carbocycles. The molecule has 2 heteroatoms. The van der Waals surface area contributed by atoms with Gasteiger partial charge in [-0.2, -0.15) is 5.26 Å². The topological polar surface area (TPSA) is 35.8 Å². The Labute approximate surface area is 116 Å². The first kappa shape index (κ1) is 14.1. The Balaban J connectivity index is 1.67. The van der Waals surface area contributed by atoms with E-state index in [1.165, 1.54) is 11.1 Å². The number of nitrogens with one attached hydrogen (secondary N) is 1. The molecule has 2 nitrogen and oxygen atoms in total. The first-order valence-electron chi connectivity index (χ1n) is 7.52. The number of hydrogen-bond donors (Lipinski definition) is 1. The second-order valence-corrected chi connectivity index (χ2v) is 5.55. The fourth-order valence-electron chi connectivity index (χ4n) is 2.79. The molecule has 1 saturated carbocycles. The third-order valence-electron chi connectivity index (χ3n) is 4.19. The molecule has 0 amide bonds. The van der Waals surface area contributed by atoms with E-state index in [2.05, 4.69) is 42.6 Å². The molecule has 1 aromatic carbocycles. The average Bonchev–Trinajstić information content (AvgIpc) is 2.49. The molecule has 0 aromatic heterocycles. The SMILES string of the molecule is CCc1ccc(CCNC2CCC(C#N)CC2)cc1. The van der Waals surface area contributed by atoms with Gasteiger partial charge in [0.1, 0.15) is 0 Å². The van der Waals surface area contributed by atoms with Gasteiger partial charge in [0, 0.05) is 12.0 Å². The molecule has 0 radical (unpaired) electrons. The number of nitrogens with zero attached hydrogens (tertiary/aromatic N) is 1. The maximum Gasteiger partial charge on any atom is 0.0655 e. The Morgan fingerprint density at radius 3 is 2.32 bits per heavy atom. The zero-order valence-corrected chi connectivity index (χ0v) is 11.9. The molecule has 0 spiro atoms. The molecule has 1 fully saturated rings. The van der Waals surface area contributed by atoms with E-state index in [1.807, 2.05) is 0 Å². The van der Waals surface area contributed by atoms with Crippen LogP contribution in [-0.2, 0) is 12.8 Å². The minimum atomic E-state index is 0.305. The van der Waals surface area contributed by atoms with Crippen molar-refractivity contribution in [1.82, 2.24) is 5.32 Å². The van der Waals surface area contributed by atoms with Gasteiger partial charge in [-0.05, 0) is 56.2 Å². The predicted octanol–water partition coefficient (Wildman–Crippen LogP) is 3.46. The zero-order valence-electron chi connectivity index (χ0n) is 11.9. The van der Waals surface area contributed by atoms with Crippen LogP contribution in [0, 0.1) is 17.2 Å². The summed E-state index contributed by atoms with van der Waals surface area (Å²) in [5.41, 5.74) is 2.82. The third kappa shape index (κ3) is 4.36. The summed E-state index contributed by atoms with van der Waals surface area (Å²) in [4.78, 5) is 0. The maximum atomic E-state index is 8.87. The van der Waals surface area contributed by atoms with E-state index in [-0.39, 0.29) is 0 Å². The molecular weight excluding hydrogens is 232 g/mol. The van der Waals surface area contributed by atoms with E-state index in [9.17, 15) is 0 Å². The van der Waals surface area contributed by atoms with Gasteiger partial charge in [0.15, 0.2) is 0 Å². The monoisotopic (exact) mass is 256 g/mol. The van der Waals surface area contributed by atoms with Gasteiger partial charge in [-0.1, -0.05) is 31.2 Å². The van der Waals surface area contributed by atoms with Crippen LogP contribution in [0.15, 0.2) is 24.3 Å². The highest BCUT2D eigenvalue weighted by Crippen LogP contribution is 2.23. The lowest BCUT2D eigenvalue weighted by Gasteiger charge is -2.25. The van der Waals surface area contributed by atoms with Gasteiger partial charge in [-0.3, -0.25) is 0 Å².